The van der Waals surface area contributed by atoms with E-state index in [0.29, 0.717) is 18.2 Å². The predicted molar refractivity (Wildman–Crippen MR) is 70.9 cm³/mol. The van der Waals surface area contributed by atoms with Gasteiger partial charge in [0.05, 0.1) is 12.7 Å². The molecule has 2 rings (SSSR count). The van der Waals surface area contributed by atoms with Gasteiger partial charge in [-0.3, -0.25) is 0 Å². The zero-order chi connectivity index (χ0) is 12.1. The van der Waals surface area contributed by atoms with Gasteiger partial charge in [-0.1, -0.05) is 44.2 Å². The van der Waals surface area contributed by atoms with Gasteiger partial charge in [0.1, 0.15) is 0 Å². The summed E-state index contributed by atoms with van der Waals surface area (Å²) in [4.78, 5) is 0. The SMILES string of the molecule is CC(C)N[C@H]1CCC[C@@H]1OCc1ccccc1. The summed E-state index contributed by atoms with van der Waals surface area (Å²) in [7, 11) is 0. The van der Waals surface area contributed by atoms with E-state index in [-0.39, 0.29) is 0 Å². The van der Waals surface area contributed by atoms with Gasteiger partial charge in [0, 0.05) is 12.1 Å². The third-order valence-corrected chi connectivity index (χ3v) is 3.31. The van der Waals surface area contributed by atoms with Crippen LogP contribution in [0.1, 0.15) is 38.7 Å². The first kappa shape index (κ1) is 12.6. The Kier molecular flexibility index (Phi) is 4.57. The number of nitrogens with one attached hydrogen (secondary N) is 1. The van der Waals surface area contributed by atoms with Crippen molar-refractivity contribution in [3.8, 4) is 0 Å². The number of hydrogen-bond acceptors (Lipinski definition) is 2. The van der Waals surface area contributed by atoms with E-state index >= 15 is 0 Å². The molecule has 0 unspecified atom stereocenters. The monoisotopic (exact) mass is 233 g/mol. The Morgan fingerprint density at radius 2 is 2.00 bits per heavy atom. The average Bonchev–Trinajstić information content (AvgIpc) is 2.74. The van der Waals surface area contributed by atoms with Crippen LogP contribution in [0.3, 0.4) is 0 Å². The maximum Gasteiger partial charge on any atom is 0.0732 e. The van der Waals surface area contributed by atoms with Gasteiger partial charge in [-0.2, -0.15) is 0 Å². The summed E-state index contributed by atoms with van der Waals surface area (Å²) < 4.78 is 6.04. The van der Waals surface area contributed by atoms with Crippen molar-refractivity contribution in [2.45, 2.75) is 57.9 Å². The highest BCUT2D eigenvalue weighted by Crippen LogP contribution is 2.23. The minimum atomic E-state index is 0.387. The smallest absolute Gasteiger partial charge is 0.0732 e. The molecule has 0 amide bonds. The van der Waals surface area contributed by atoms with E-state index in [1.165, 1.54) is 24.8 Å². The van der Waals surface area contributed by atoms with E-state index < -0.39 is 0 Å². The second-order valence-electron chi connectivity index (χ2n) is 5.19. The maximum atomic E-state index is 6.04. The molecule has 0 bridgehead atoms. The molecule has 1 fully saturated rings. The summed E-state index contributed by atoms with van der Waals surface area (Å²) in [6.45, 7) is 5.14. The zero-order valence-corrected chi connectivity index (χ0v) is 10.9. The fourth-order valence-corrected chi connectivity index (χ4v) is 2.52. The highest BCUT2D eigenvalue weighted by atomic mass is 16.5. The Morgan fingerprint density at radius 1 is 1.24 bits per heavy atom. The molecule has 1 aliphatic rings. The van der Waals surface area contributed by atoms with E-state index in [1.807, 2.05) is 6.07 Å². The van der Waals surface area contributed by atoms with Crippen LogP contribution in [-0.2, 0) is 11.3 Å². The third-order valence-electron chi connectivity index (χ3n) is 3.31. The number of benzene rings is 1. The normalized spacial score (nSPS) is 24.4. The van der Waals surface area contributed by atoms with Crippen LogP contribution < -0.4 is 5.32 Å². The second-order valence-corrected chi connectivity index (χ2v) is 5.19. The maximum absolute atomic E-state index is 6.04. The van der Waals surface area contributed by atoms with Crippen LogP contribution in [0.15, 0.2) is 30.3 Å². The zero-order valence-electron chi connectivity index (χ0n) is 10.9. The van der Waals surface area contributed by atoms with Crippen LogP contribution in [-0.4, -0.2) is 18.2 Å². The van der Waals surface area contributed by atoms with E-state index in [0.717, 1.165) is 6.61 Å². The Bertz CT molecular complexity index is 323. The summed E-state index contributed by atoms with van der Waals surface area (Å²) in [6.07, 6.45) is 4.11. The van der Waals surface area contributed by atoms with Crippen molar-refractivity contribution in [2.75, 3.05) is 0 Å². The molecule has 0 radical (unpaired) electrons. The largest absolute Gasteiger partial charge is 0.372 e. The molecule has 2 atom stereocenters. The van der Waals surface area contributed by atoms with Crippen molar-refractivity contribution >= 4 is 0 Å². The van der Waals surface area contributed by atoms with Gasteiger partial charge in [-0.15, -0.1) is 0 Å². The van der Waals surface area contributed by atoms with Crippen molar-refractivity contribution in [1.29, 1.82) is 0 Å². The van der Waals surface area contributed by atoms with E-state index in [9.17, 15) is 0 Å². The summed E-state index contributed by atoms with van der Waals surface area (Å²) >= 11 is 0. The first-order chi connectivity index (χ1) is 8.25. The van der Waals surface area contributed by atoms with Crippen molar-refractivity contribution in [1.82, 2.24) is 5.32 Å². The lowest BCUT2D eigenvalue weighted by atomic mass is 10.2. The number of rotatable bonds is 5. The van der Waals surface area contributed by atoms with Crippen LogP contribution in [0.2, 0.25) is 0 Å². The second kappa shape index (κ2) is 6.18. The fraction of sp³-hybridized carbons (Fsp3) is 0.600. The molecule has 0 heterocycles. The minimum Gasteiger partial charge on any atom is -0.372 e. The van der Waals surface area contributed by atoms with Gasteiger partial charge >= 0.3 is 0 Å². The molecule has 0 aliphatic heterocycles. The summed E-state index contributed by atoms with van der Waals surface area (Å²) in [5.74, 6) is 0. The molecule has 94 valence electrons. The average molecular weight is 233 g/mol. The third kappa shape index (κ3) is 3.83. The van der Waals surface area contributed by atoms with Crippen molar-refractivity contribution < 1.29 is 4.74 Å². The van der Waals surface area contributed by atoms with Crippen LogP contribution >= 0.6 is 0 Å². The van der Waals surface area contributed by atoms with Crippen molar-refractivity contribution in [3.05, 3.63) is 35.9 Å². The molecule has 17 heavy (non-hydrogen) atoms. The first-order valence-corrected chi connectivity index (χ1v) is 6.67. The summed E-state index contributed by atoms with van der Waals surface area (Å²) in [5.41, 5.74) is 1.27. The highest BCUT2D eigenvalue weighted by molar-refractivity contribution is 5.13. The highest BCUT2D eigenvalue weighted by Gasteiger charge is 2.27. The Labute approximate surface area is 104 Å². The predicted octanol–water partition coefficient (Wildman–Crippen LogP) is 3.12. The van der Waals surface area contributed by atoms with Crippen molar-refractivity contribution in [3.63, 3.8) is 0 Å². The molecule has 1 N–H and O–H groups in total. The Hall–Kier alpha value is -0.860. The van der Waals surface area contributed by atoms with Gasteiger partial charge in [0.25, 0.3) is 0 Å². The lowest BCUT2D eigenvalue weighted by Crippen LogP contribution is -2.41. The Balaban J connectivity index is 1.82. The standard InChI is InChI=1S/C15H23NO/c1-12(2)16-14-9-6-10-15(14)17-11-13-7-4-3-5-8-13/h3-5,7-8,12,14-16H,6,9-11H2,1-2H3/t14-,15-/m0/s1. The van der Waals surface area contributed by atoms with Gasteiger partial charge in [0.15, 0.2) is 0 Å². The lowest BCUT2D eigenvalue weighted by Gasteiger charge is -2.23. The quantitative estimate of drug-likeness (QED) is 0.843. The molecule has 2 heteroatoms. The molecule has 0 aromatic heterocycles. The van der Waals surface area contributed by atoms with E-state index in [1.54, 1.807) is 0 Å². The summed E-state index contributed by atoms with van der Waals surface area (Å²) in [6, 6.07) is 11.5. The van der Waals surface area contributed by atoms with Crippen LogP contribution in [0.25, 0.3) is 0 Å². The van der Waals surface area contributed by atoms with Gasteiger partial charge in [-0.05, 0) is 24.8 Å². The summed E-state index contributed by atoms with van der Waals surface area (Å²) in [5, 5.41) is 3.60. The first-order valence-electron chi connectivity index (χ1n) is 6.67. The van der Waals surface area contributed by atoms with E-state index in [4.69, 9.17) is 4.74 Å². The molecule has 0 saturated heterocycles. The molecular weight excluding hydrogens is 210 g/mol. The molecular formula is C15H23NO. The van der Waals surface area contributed by atoms with Crippen LogP contribution in [0.5, 0.6) is 0 Å². The molecule has 1 aliphatic carbocycles. The lowest BCUT2D eigenvalue weighted by molar-refractivity contribution is 0.0262. The molecule has 2 nitrogen and oxygen atoms in total. The van der Waals surface area contributed by atoms with Crippen LogP contribution in [0.4, 0.5) is 0 Å². The molecule has 1 aromatic carbocycles. The Morgan fingerprint density at radius 3 is 2.71 bits per heavy atom. The van der Waals surface area contributed by atoms with E-state index in [2.05, 4.69) is 43.4 Å². The van der Waals surface area contributed by atoms with Gasteiger partial charge < -0.3 is 10.1 Å². The molecule has 1 aromatic rings. The fourth-order valence-electron chi connectivity index (χ4n) is 2.52. The van der Waals surface area contributed by atoms with Crippen LogP contribution in [0, 0.1) is 0 Å². The van der Waals surface area contributed by atoms with Gasteiger partial charge in [-0.25, -0.2) is 0 Å². The molecule has 1 saturated carbocycles. The van der Waals surface area contributed by atoms with Crippen molar-refractivity contribution in [2.24, 2.45) is 0 Å². The minimum absolute atomic E-state index is 0.387. The number of ether oxygens (including phenoxy) is 1. The molecule has 0 spiro atoms. The topological polar surface area (TPSA) is 21.3 Å². The number of hydrogen-bond donors (Lipinski definition) is 1. The van der Waals surface area contributed by atoms with Gasteiger partial charge in [0.2, 0.25) is 0 Å².